The van der Waals surface area contributed by atoms with E-state index in [2.05, 4.69) is 34.6 Å². The number of aliphatic hydroxyl groups is 14. The number of rotatable bonds is 12. The first kappa shape index (κ1) is 60.7. The number of carbonyl (C=O) groups excluding carboxylic acids is 1. The summed E-state index contributed by atoms with van der Waals surface area (Å²) in [6.45, 7) is 11.4. The number of aliphatic hydroxyl groups excluding tert-OH is 14. The first-order valence-corrected chi connectivity index (χ1v) is 28.4. The summed E-state index contributed by atoms with van der Waals surface area (Å²) in [5, 5.41) is 155. The topological polar surface area (TPSA) is 393 Å². The molecule has 31 unspecified atom stereocenters. The van der Waals surface area contributed by atoms with Gasteiger partial charge in [-0.25, -0.2) is 0 Å². The number of hydrogen-bond acceptors (Lipinski definition) is 25. The van der Waals surface area contributed by atoms with E-state index < -0.39 is 200 Å². The van der Waals surface area contributed by atoms with E-state index in [9.17, 15) is 76.3 Å². The Morgan fingerprint density at radius 2 is 1.16 bits per heavy atom. The number of carbonyl (C=O) groups is 1. The van der Waals surface area contributed by atoms with E-state index in [1.54, 1.807) is 0 Å². The monoisotopic (exact) mass is 1140 g/mol. The Morgan fingerprint density at radius 1 is 0.557 bits per heavy atom. The highest BCUT2D eigenvalue weighted by atomic mass is 16.8. The van der Waals surface area contributed by atoms with Crippen molar-refractivity contribution >= 4 is 5.97 Å². The molecule has 14 N–H and O–H groups in total. The average Bonchev–Trinajstić information content (AvgIpc) is 2.60. The second kappa shape index (κ2) is 21.5. The minimum absolute atomic E-state index is 0.0283. The molecule has 79 heavy (non-hydrogen) atoms. The fraction of sp³-hybridized carbons (Fsp3) is 0.981. The van der Waals surface area contributed by atoms with Crippen molar-refractivity contribution in [3.8, 4) is 0 Å². The Labute approximate surface area is 458 Å². The molecule has 5 aliphatic carbocycles. The van der Waals surface area contributed by atoms with Gasteiger partial charge in [-0.1, -0.05) is 41.5 Å². The molecule has 2 bridgehead atoms. The standard InChI is InChI=1S/C54H88O25/c1-22(58)72-32-16-48(2,3)14-29-53-13-9-28-49(4)11-10-31(50(5,21-57)27(49)8-12-51(28,6)52(53,7)15-30(60)54(29,32)47(69)79-53)76-45-41(78-44-40(68)37(65)34(62)24(17-55)73-44)36(64)26(20-71-45)75-46-42(38(66)35(63)25(18-56)74-46)77-43-39(67)33(61)23(59)19-70-43/h23-47,55-57,59-69H,8-21H2,1-7H3. The van der Waals surface area contributed by atoms with Gasteiger partial charge in [-0.05, 0) is 85.9 Å². The Hall–Kier alpha value is -1.45. The molecule has 0 aromatic rings. The lowest BCUT2D eigenvalue weighted by atomic mass is 9.30. The maximum absolute atomic E-state index is 12.6. The van der Waals surface area contributed by atoms with Crippen LogP contribution in [0.4, 0.5) is 0 Å². The van der Waals surface area contributed by atoms with Crippen molar-refractivity contribution in [1.29, 1.82) is 0 Å². The zero-order chi connectivity index (χ0) is 57.5. The summed E-state index contributed by atoms with van der Waals surface area (Å²) >= 11 is 0. The van der Waals surface area contributed by atoms with Gasteiger partial charge in [0.15, 0.2) is 31.5 Å². The number of hydrogen-bond donors (Lipinski definition) is 14. The smallest absolute Gasteiger partial charge is 0.302 e. The van der Waals surface area contributed by atoms with Crippen molar-refractivity contribution in [1.82, 2.24) is 0 Å². The van der Waals surface area contributed by atoms with Crippen LogP contribution in [0, 0.1) is 50.2 Å². The van der Waals surface area contributed by atoms with Crippen LogP contribution in [0.2, 0.25) is 0 Å². The van der Waals surface area contributed by atoms with Gasteiger partial charge in [0.25, 0.3) is 0 Å². The fourth-order valence-corrected chi connectivity index (χ4v) is 18.1. The van der Waals surface area contributed by atoms with Gasteiger partial charge in [-0.3, -0.25) is 4.79 Å². The summed E-state index contributed by atoms with van der Waals surface area (Å²) in [5.74, 6) is -0.958. The Balaban J connectivity index is 0.920. The predicted molar refractivity (Wildman–Crippen MR) is 264 cm³/mol. The molecule has 10 fully saturated rings. The molecule has 25 nitrogen and oxygen atoms in total. The summed E-state index contributed by atoms with van der Waals surface area (Å²) in [7, 11) is 0. The molecule has 31 atom stereocenters. The molecule has 5 aliphatic heterocycles. The van der Waals surface area contributed by atoms with Crippen molar-refractivity contribution in [2.45, 2.75) is 247 Å². The fourth-order valence-electron chi connectivity index (χ4n) is 18.1. The van der Waals surface area contributed by atoms with Crippen molar-refractivity contribution in [3.63, 3.8) is 0 Å². The Bertz CT molecular complexity index is 2180. The van der Waals surface area contributed by atoms with Gasteiger partial charge in [0.05, 0.1) is 56.3 Å². The van der Waals surface area contributed by atoms with Crippen LogP contribution in [0.15, 0.2) is 0 Å². The maximum Gasteiger partial charge on any atom is 0.302 e. The second-order valence-corrected chi connectivity index (χ2v) is 26.8. The minimum atomic E-state index is -1.95. The van der Waals surface area contributed by atoms with Gasteiger partial charge < -0.3 is 119 Å². The van der Waals surface area contributed by atoms with E-state index >= 15 is 0 Å². The van der Waals surface area contributed by atoms with Crippen LogP contribution < -0.4 is 0 Å². The van der Waals surface area contributed by atoms with Gasteiger partial charge in [-0.2, -0.15) is 0 Å². The summed E-state index contributed by atoms with van der Waals surface area (Å²) in [6, 6.07) is 0. The number of ether oxygens (including phenoxy) is 10. The molecule has 0 amide bonds. The molecular formula is C54H88O25. The largest absolute Gasteiger partial charge is 0.462 e. The SMILES string of the molecule is CC(=O)OC1CC(C)(C)CC2C13C(O)CC1(C)C4(C)CCC5C(C)(CO)C(OC6OCC(OC7OC(CO)C(O)C(O)C7OC7OCC(O)C(O)C7O)C(O)C6OC6OC(CO)C(O)C(O)C6O)CCC5(C)C4CCC21OC3O. The number of fused-ring (bicyclic) bond motifs is 4. The number of esters is 1. The molecule has 5 saturated heterocycles. The molecule has 5 heterocycles. The van der Waals surface area contributed by atoms with Crippen LogP contribution in [-0.2, 0) is 52.2 Å². The van der Waals surface area contributed by atoms with Gasteiger partial charge in [0.1, 0.15) is 91.6 Å². The van der Waals surface area contributed by atoms with Crippen LogP contribution >= 0.6 is 0 Å². The third-order valence-electron chi connectivity index (χ3n) is 22.3. The first-order valence-electron chi connectivity index (χ1n) is 28.4. The van der Waals surface area contributed by atoms with Gasteiger partial charge >= 0.3 is 5.97 Å². The van der Waals surface area contributed by atoms with Gasteiger partial charge in [-0.15, -0.1) is 0 Å². The van der Waals surface area contributed by atoms with Crippen molar-refractivity contribution < 1.29 is 124 Å². The summed E-state index contributed by atoms with van der Waals surface area (Å²) in [4.78, 5) is 12.6. The molecule has 25 heteroatoms. The van der Waals surface area contributed by atoms with Crippen LogP contribution in [0.25, 0.3) is 0 Å². The molecule has 10 rings (SSSR count). The third kappa shape index (κ3) is 9.16. The Kier molecular flexibility index (Phi) is 16.5. The molecule has 1 spiro atoms. The molecule has 0 aromatic heterocycles. The van der Waals surface area contributed by atoms with Crippen molar-refractivity contribution in [3.05, 3.63) is 0 Å². The van der Waals surface area contributed by atoms with Crippen molar-refractivity contribution in [2.24, 2.45) is 50.2 Å². The Morgan fingerprint density at radius 3 is 1.82 bits per heavy atom. The zero-order valence-corrected chi connectivity index (χ0v) is 46.1. The third-order valence-corrected chi connectivity index (χ3v) is 22.3. The van der Waals surface area contributed by atoms with Gasteiger partial charge in [0, 0.05) is 23.7 Å². The van der Waals surface area contributed by atoms with E-state index in [0.717, 1.165) is 0 Å². The average molecular weight is 1140 g/mol. The van der Waals surface area contributed by atoms with Gasteiger partial charge in [0.2, 0.25) is 0 Å². The summed E-state index contributed by atoms with van der Waals surface area (Å²) in [6.07, 6.45) is -30.0. The molecule has 5 saturated carbocycles. The summed E-state index contributed by atoms with van der Waals surface area (Å²) in [5.41, 5.74) is -4.91. The molecular weight excluding hydrogens is 1050 g/mol. The predicted octanol–water partition coefficient (Wildman–Crippen LogP) is -3.24. The van der Waals surface area contributed by atoms with Crippen LogP contribution in [0.5, 0.6) is 0 Å². The molecule has 0 aromatic carbocycles. The maximum atomic E-state index is 12.6. The highest BCUT2D eigenvalue weighted by molar-refractivity contribution is 5.66. The van der Waals surface area contributed by atoms with Crippen LogP contribution in [0.1, 0.15) is 106 Å². The highest BCUT2D eigenvalue weighted by Gasteiger charge is 2.84. The van der Waals surface area contributed by atoms with E-state index in [-0.39, 0.29) is 29.8 Å². The van der Waals surface area contributed by atoms with E-state index in [1.165, 1.54) is 6.92 Å². The quantitative estimate of drug-likeness (QED) is 0.0674. The summed E-state index contributed by atoms with van der Waals surface area (Å²) < 4.78 is 61.6. The molecule has 454 valence electrons. The van der Waals surface area contributed by atoms with Crippen molar-refractivity contribution in [2.75, 3.05) is 33.0 Å². The lowest BCUT2D eigenvalue weighted by molar-refractivity contribution is -0.393. The minimum Gasteiger partial charge on any atom is -0.462 e. The highest BCUT2D eigenvalue weighted by Crippen LogP contribution is 2.81. The van der Waals surface area contributed by atoms with Crippen LogP contribution in [0.3, 0.4) is 0 Å². The zero-order valence-electron chi connectivity index (χ0n) is 46.1. The van der Waals surface area contributed by atoms with Crippen LogP contribution in [-0.4, -0.2) is 251 Å². The second-order valence-electron chi connectivity index (χ2n) is 26.8. The van der Waals surface area contributed by atoms with E-state index in [0.29, 0.717) is 57.8 Å². The molecule has 10 aliphatic rings. The lowest BCUT2D eigenvalue weighted by Gasteiger charge is -2.75. The first-order chi connectivity index (χ1) is 37.0. The van der Waals surface area contributed by atoms with E-state index in [4.69, 9.17) is 47.4 Å². The lowest BCUT2D eigenvalue weighted by Crippen LogP contribution is -2.75. The normalized spacial score (nSPS) is 57.1. The van der Waals surface area contributed by atoms with E-state index in [1.807, 2.05) is 6.92 Å². The molecule has 0 radical (unpaired) electrons.